The maximum Gasteiger partial charge on any atom is 0.346 e. The number of rotatable bonds is 4. The van der Waals surface area contributed by atoms with Gasteiger partial charge in [-0.3, -0.25) is 19.7 Å². The van der Waals surface area contributed by atoms with Crippen molar-refractivity contribution in [2.45, 2.75) is 0 Å². The summed E-state index contributed by atoms with van der Waals surface area (Å²) in [7, 11) is 1.55. The molecule has 1 aromatic rings. The Morgan fingerprint density at radius 3 is 2.87 bits per heavy atom. The molecule has 0 spiro atoms. The molecule has 2 aliphatic heterocycles. The molecule has 9 heteroatoms. The van der Waals surface area contributed by atoms with Gasteiger partial charge in [-0.1, -0.05) is 30.3 Å². The number of fused-ring (bicyclic) bond motifs is 1. The minimum absolute atomic E-state index is 0.0784. The fraction of sp³-hybridized carbons (Fsp3) is 0.214. The summed E-state index contributed by atoms with van der Waals surface area (Å²) in [5.41, 5.74) is 9.32. The number of amides is 2. The number of hydrazone groups is 1. The van der Waals surface area contributed by atoms with E-state index in [1.54, 1.807) is 31.3 Å². The molecule has 2 heterocycles. The van der Waals surface area contributed by atoms with E-state index in [9.17, 15) is 9.59 Å². The summed E-state index contributed by atoms with van der Waals surface area (Å²) >= 11 is 0. The molecule has 0 unspecified atom stereocenters. The van der Waals surface area contributed by atoms with Gasteiger partial charge >= 0.3 is 6.03 Å². The van der Waals surface area contributed by atoms with Crippen molar-refractivity contribution < 1.29 is 9.59 Å². The Kier molecular flexibility index (Phi) is 3.75. The first-order valence-electron chi connectivity index (χ1n) is 6.90. The van der Waals surface area contributed by atoms with E-state index < -0.39 is 0 Å². The number of nitrogens with zero attached hydrogens (tertiary/aromatic N) is 5. The number of nitrogens with two attached hydrogens (primary N) is 1. The average Bonchev–Trinajstić information content (AvgIpc) is 3.01. The maximum atomic E-state index is 12.0. The van der Waals surface area contributed by atoms with Gasteiger partial charge in [0.05, 0.1) is 0 Å². The van der Waals surface area contributed by atoms with Gasteiger partial charge in [0.25, 0.3) is 0 Å². The van der Waals surface area contributed by atoms with Crippen LogP contribution in [0.5, 0.6) is 0 Å². The SMILES string of the molecule is CN1NN=C2C(C(N)=NCC(=O)c3ccccc3)=NCN2C1=O. The summed E-state index contributed by atoms with van der Waals surface area (Å²) in [5, 5.41) is 5.26. The second-order valence-corrected chi connectivity index (χ2v) is 4.94. The van der Waals surface area contributed by atoms with E-state index >= 15 is 0 Å². The molecule has 1 aromatic carbocycles. The largest absolute Gasteiger partial charge is 0.382 e. The van der Waals surface area contributed by atoms with Gasteiger partial charge in [-0.25, -0.2) is 15.3 Å². The number of aliphatic imine (C=N–C) groups is 2. The Hall–Kier alpha value is -3.23. The highest BCUT2D eigenvalue weighted by Crippen LogP contribution is 2.11. The van der Waals surface area contributed by atoms with Gasteiger partial charge in [-0.2, -0.15) is 0 Å². The number of carbonyl (C=O) groups excluding carboxylic acids is 2. The van der Waals surface area contributed by atoms with Crippen LogP contribution in [0.3, 0.4) is 0 Å². The first-order valence-corrected chi connectivity index (χ1v) is 6.90. The predicted molar refractivity (Wildman–Crippen MR) is 85.1 cm³/mol. The molecule has 0 saturated carbocycles. The number of benzene rings is 1. The number of amidine groups is 2. The zero-order valence-electron chi connectivity index (χ0n) is 12.4. The van der Waals surface area contributed by atoms with Crippen LogP contribution >= 0.6 is 0 Å². The monoisotopic (exact) mass is 313 g/mol. The zero-order valence-corrected chi connectivity index (χ0v) is 12.4. The van der Waals surface area contributed by atoms with E-state index in [2.05, 4.69) is 20.6 Å². The molecular formula is C14H15N7O2. The topological polar surface area (TPSA) is 116 Å². The molecule has 0 aliphatic carbocycles. The van der Waals surface area contributed by atoms with Crippen molar-refractivity contribution in [1.82, 2.24) is 15.4 Å². The zero-order chi connectivity index (χ0) is 16.4. The van der Waals surface area contributed by atoms with Crippen molar-refractivity contribution in [1.29, 1.82) is 0 Å². The highest BCUT2D eigenvalue weighted by Gasteiger charge is 2.35. The second-order valence-electron chi connectivity index (χ2n) is 4.94. The first-order chi connectivity index (χ1) is 11.1. The number of nitrogens with one attached hydrogen (secondary N) is 1. The number of hydrazine groups is 1. The highest BCUT2D eigenvalue weighted by molar-refractivity contribution is 6.69. The smallest absolute Gasteiger partial charge is 0.346 e. The number of hydrogen-bond donors (Lipinski definition) is 2. The van der Waals surface area contributed by atoms with Gasteiger partial charge in [-0.05, 0) is 0 Å². The lowest BCUT2D eigenvalue weighted by Crippen LogP contribution is -2.54. The molecule has 3 N–H and O–H groups in total. The molecular weight excluding hydrogens is 298 g/mol. The number of urea groups is 1. The fourth-order valence-corrected chi connectivity index (χ4v) is 2.16. The summed E-state index contributed by atoms with van der Waals surface area (Å²) in [4.78, 5) is 33.6. The first kappa shape index (κ1) is 14.7. The third-order valence-electron chi connectivity index (χ3n) is 3.39. The molecule has 3 rings (SSSR count). The van der Waals surface area contributed by atoms with Gasteiger partial charge in [0.15, 0.2) is 11.6 Å². The molecule has 0 fully saturated rings. The Bertz CT molecular complexity index is 739. The average molecular weight is 313 g/mol. The van der Waals surface area contributed by atoms with Crippen LogP contribution in [0, 0.1) is 0 Å². The molecule has 0 bridgehead atoms. The van der Waals surface area contributed by atoms with Crippen molar-refractivity contribution >= 4 is 29.2 Å². The van der Waals surface area contributed by atoms with Crippen molar-refractivity contribution in [2.75, 3.05) is 20.3 Å². The Morgan fingerprint density at radius 2 is 2.13 bits per heavy atom. The molecule has 2 aliphatic rings. The minimum atomic E-state index is -0.290. The van der Waals surface area contributed by atoms with Crippen molar-refractivity contribution in [3.8, 4) is 0 Å². The van der Waals surface area contributed by atoms with Crippen LogP contribution in [0.4, 0.5) is 4.79 Å². The Morgan fingerprint density at radius 1 is 1.39 bits per heavy atom. The molecule has 2 amide bonds. The van der Waals surface area contributed by atoms with Crippen molar-refractivity contribution in [3.05, 3.63) is 35.9 Å². The fourth-order valence-electron chi connectivity index (χ4n) is 2.16. The summed E-state index contributed by atoms with van der Waals surface area (Å²) in [6.45, 7) is 0.0330. The second kappa shape index (κ2) is 5.87. The minimum Gasteiger partial charge on any atom is -0.382 e. The van der Waals surface area contributed by atoms with Crippen molar-refractivity contribution in [2.24, 2.45) is 20.8 Å². The Labute approximate surface area is 132 Å². The van der Waals surface area contributed by atoms with Gasteiger partial charge in [0.1, 0.15) is 24.8 Å². The van der Waals surface area contributed by atoms with E-state index in [-0.39, 0.29) is 30.9 Å². The van der Waals surface area contributed by atoms with Crippen LogP contribution in [-0.4, -0.2) is 59.4 Å². The third-order valence-corrected chi connectivity index (χ3v) is 3.39. The molecule has 9 nitrogen and oxygen atoms in total. The van der Waals surface area contributed by atoms with Gasteiger partial charge < -0.3 is 5.73 Å². The normalized spacial score (nSPS) is 17.4. The summed E-state index contributed by atoms with van der Waals surface area (Å²) < 4.78 is 0. The number of hydrogen-bond acceptors (Lipinski definition) is 6. The van der Waals surface area contributed by atoms with Crippen LogP contribution in [0.15, 0.2) is 45.4 Å². The lowest BCUT2D eigenvalue weighted by molar-refractivity contribution is 0.100. The van der Waals surface area contributed by atoms with Crippen LogP contribution in [0.2, 0.25) is 0 Å². The maximum absolute atomic E-state index is 12.0. The number of Topliss-reactive ketones (excluding diaryl/α,β-unsaturated/α-hetero) is 1. The predicted octanol–water partition coefficient (Wildman–Crippen LogP) is -0.176. The van der Waals surface area contributed by atoms with Crippen LogP contribution < -0.4 is 11.3 Å². The standard InChI is InChI=1S/C14H15N7O2/c1-20-14(23)21-8-17-11(13(21)18-19-20)12(15)16-7-10(22)9-5-3-2-4-6-9/h2-6,19H,7-8H2,1H3,(H2,15,16). The number of carbonyl (C=O) groups is 2. The van der Waals surface area contributed by atoms with E-state index in [0.29, 0.717) is 17.1 Å². The van der Waals surface area contributed by atoms with Gasteiger partial charge in [-0.15, -0.1) is 5.10 Å². The molecule has 118 valence electrons. The van der Waals surface area contributed by atoms with Crippen LogP contribution in [-0.2, 0) is 0 Å². The van der Waals surface area contributed by atoms with Crippen LogP contribution in [0.25, 0.3) is 0 Å². The van der Waals surface area contributed by atoms with E-state index in [0.717, 1.165) is 0 Å². The summed E-state index contributed by atoms with van der Waals surface area (Å²) in [6.07, 6.45) is 0. The molecule has 23 heavy (non-hydrogen) atoms. The van der Waals surface area contributed by atoms with E-state index in [1.807, 2.05) is 6.07 Å². The van der Waals surface area contributed by atoms with Gasteiger partial charge in [0.2, 0.25) is 0 Å². The summed E-state index contributed by atoms with van der Waals surface area (Å²) in [5.74, 6) is 0.236. The molecule has 0 atom stereocenters. The lowest BCUT2D eigenvalue weighted by atomic mass is 10.1. The lowest BCUT2D eigenvalue weighted by Gasteiger charge is -2.28. The molecule has 0 aromatic heterocycles. The summed E-state index contributed by atoms with van der Waals surface area (Å²) in [6, 6.07) is 8.53. The third kappa shape index (κ3) is 2.76. The van der Waals surface area contributed by atoms with Gasteiger partial charge in [0, 0.05) is 12.6 Å². The highest BCUT2D eigenvalue weighted by atomic mass is 16.2. The van der Waals surface area contributed by atoms with E-state index in [4.69, 9.17) is 5.73 Å². The molecule has 0 radical (unpaired) electrons. The molecule has 0 saturated heterocycles. The van der Waals surface area contributed by atoms with E-state index in [1.165, 1.54) is 9.91 Å². The quantitative estimate of drug-likeness (QED) is 0.456. The number of ketones is 1. The van der Waals surface area contributed by atoms with Crippen LogP contribution in [0.1, 0.15) is 10.4 Å². The van der Waals surface area contributed by atoms with Crippen molar-refractivity contribution in [3.63, 3.8) is 0 Å². The Balaban J connectivity index is 1.72.